The van der Waals surface area contributed by atoms with Gasteiger partial charge in [0.2, 0.25) is 0 Å². The fourth-order valence-corrected chi connectivity index (χ4v) is 3.60. The first-order chi connectivity index (χ1) is 14.6. The third-order valence-corrected chi connectivity index (χ3v) is 5.37. The first-order valence-corrected chi connectivity index (χ1v) is 10.2. The summed E-state index contributed by atoms with van der Waals surface area (Å²) in [5.41, 5.74) is 1.71. The van der Waals surface area contributed by atoms with E-state index in [9.17, 15) is 9.59 Å². The largest absolute Gasteiger partial charge is 0.497 e. The molecule has 30 heavy (non-hydrogen) atoms. The zero-order valence-corrected chi connectivity index (χ0v) is 17.5. The summed E-state index contributed by atoms with van der Waals surface area (Å²) in [6.07, 6.45) is 2.00. The molecule has 2 N–H and O–H groups in total. The SMILES string of the molecule is COc1ccc(OC)c(NC(=O)C(=O)NCC2CCN(Cc3ccccc3)CC2)c1. The lowest BCUT2D eigenvalue weighted by Gasteiger charge is -2.32. The van der Waals surface area contributed by atoms with Crippen molar-refractivity contribution in [3.05, 3.63) is 54.1 Å². The fraction of sp³-hybridized carbons (Fsp3) is 0.391. The highest BCUT2D eigenvalue weighted by Crippen LogP contribution is 2.28. The fourth-order valence-electron chi connectivity index (χ4n) is 3.60. The lowest BCUT2D eigenvalue weighted by atomic mass is 9.96. The lowest BCUT2D eigenvalue weighted by Crippen LogP contribution is -2.41. The van der Waals surface area contributed by atoms with Crippen LogP contribution in [-0.4, -0.2) is 50.6 Å². The molecule has 7 nitrogen and oxygen atoms in total. The quantitative estimate of drug-likeness (QED) is 0.685. The Morgan fingerprint density at radius 1 is 1.00 bits per heavy atom. The number of rotatable bonds is 7. The van der Waals surface area contributed by atoms with Crippen LogP contribution in [0.25, 0.3) is 0 Å². The maximum atomic E-state index is 12.3. The maximum Gasteiger partial charge on any atom is 0.313 e. The molecule has 1 heterocycles. The molecule has 0 radical (unpaired) electrons. The van der Waals surface area contributed by atoms with Gasteiger partial charge in [0.25, 0.3) is 0 Å². The Morgan fingerprint density at radius 3 is 2.40 bits per heavy atom. The second-order valence-electron chi connectivity index (χ2n) is 7.44. The van der Waals surface area contributed by atoms with Gasteiger partial charge in [0.1, 0.15) is 11.5 Å². The predicted molar refractivity (Wildman–Crippen MR) is 116 cm³/mol. The molecule has 0 aliphatic carbocycles. The van der Waals surface area contributed by atoms with E-state index in [1.807, 2.05) is 6.07 Å². The summed E-state index contributed by atoms with van der Waals surface area (Å²) in [5.74, 6) is 0.0336. The molecule has 0 saturated carbocycles. The van der Waals surface area contributed by atoms with Crippen molar-refractivity contribution in [3.8, 4) is 11.5 Å². The number of carbonyl (C=O) groups is 2. The highest BCUT2D eigenvalue weighted by atomic mass is 16.5. The minimum absolute atomic E-state index is 0.375. The summed E-state index contributed by atoms with van der Waals surface area (Å²) < 4.78 is 10.4. The Bertz CT molecular complexity index is 849. The topological polar surface area (TPSA) is 79.9 Å². The molecule has 0 atom stereocenters. The van der Waals surface area contributed by atoms with Crippen molar-refractivity contribution >= 4 is 17.5 Å². The van der Waals surface area contributed by atoms with Gasteiger partial charge in [0, 0.05) is 19.2 Å². The summed E-state index contributed by atoms with van der Waals surface area (Å²) in [6.45, 7) is 3.43. The molecule has 1 aliphatic rings. The standard InChI is InChI=1S/C23H29N3O4/c1-29-19-8-9-21(30-2)20(14-19)25-23(28)22(27)24-15-17-10-12-26(13-11-17)16-18-6-4-3-5-7-18/h3-9,14,17H,10-13,15-16H2,1-2H3,(H,24,27)(H,25,28). The Morgan fingerprint density at radius 2 is 1.73 bits per heavy atom. The predicted octanol–water partition coefficient (Wildman–Crippen LogP) is 2.67. The van der Waals surface area contributed by atoms with Crippen molar-refractivity contribution in [1.82, 2.24) is 10.2 Å². The van der Waals surface area contributed by atoms with Crippen LogP contribution in [0.3, 0.4) is 0 Å². The number of nitrogens with zero attached hydrogens (tertiary/aromatic N) is 1. The molecule has 0 unspecified atom stereocenters. The van der Waals surface area contributed by atoms with Crippen LogP contribution >= 0.6 is 0 Å². The Hall–Kier alpha value is -3.06. The number of benzene rings is 2. The van der Waals surface area contributed by atoms with E-state index in [0.717, 1.165) is 32.5 Å². The molecular formula is C23H29N3O4. The van der Waals surface area contributed by atoms with Crippen LogP contribution in [0, 0.1) is 5.92 Å². The minimum atomic E-state index is -0.719. The molecule has 1 fully saturated rings. The van der Waals surface area contributed by atoms with Crippen LogP contribution in [0.4, 0.5) is 5.69 Å². The average Bonchev–Trinajstić information content (AvgIpc) is 2.79. The maximum absolute atomic E-state index is 12.3. The van der Waals surface area contributed by atoms with Gasteiger partial charge in [0.15, 0.2) is 0 Å². The average molecular weight is 412 g/mol. The number of nitrogens with one attached hydrogen (secondary N) is 2. The third-order valence-electron chi connectivity index (χ3n) is 5.37. The van der Waals surface area contributed by atoms with E-state index in [4.69, 9.17) is 9.47 Å². The van der Waals surface area contributed by atoms with Gasteiger partial charge in [-0.25, -0.2) is 0 Å². The highest BCUT2D eigenvalue weighted by Gasteiger charge is 2.22. The molecule has 1 saturated heterocycles. The van der Waals surface area contributed by atoms with Crippen molar-refractivity contribution in [2.45, 2.75) is 19.4 Å². The van der Waals surface area contributed by atoms with E-state index >= 15 is 0 Å². The van der Waals surface area contributed by atoms with Gasteiger partial charge < -0.3 is 20.1 Å². The van der Waals surface area contributed by atoms with E-state index in [2.05, 4.69) is 39.8 Å². The number of carbonyl (C=O) groups excluding carboxylic acids is 2. The van der Waals surface area contributed by atoms with Crippen molar-refractivity contribution in [3.63, 3.8) is 0 Å². The van der Waals surface area contributed by atoms with E-state index in [0.29, 0.717) is 29.6 Å². The van der Waals surface area contributed by atoms with Crippen molar-refractivity contribution in [1.29, 1.82) is 0 Å². The van der Waals surface area contributed by atoms with Gasteiger partial charge in [-0.2, -0.15) is 0 Å². The third kappa shape index (κ3) is 5.97. The van der Waals surface area contributed by atoms with Crippen LogP contribution in [-0.2, 0) is 16.1 Å². The number of ether oxygens (including phenoxy) is 2. The van der Waals surface area contributed by atoms with Gasteiger partial charge in [-0.3, -0.25) is 14.5 Å². The molecule has 3 rings (SSSR count). The smallest absolute Gasteiger partial charge is 0.313 e. The summed E-state index contributed by atoms with van der Waals surface area (Å²) >= 11 is 0. The number of piperidine rings is 1. The number of amides is 2. The highest BCUT2D eigenvalue weighted by molar-refractivity contribution is 6.39. The van der Waals surface area contributed by atoms with Crippen LogP contribution in [0.2, 0.25) is 0 Å². The number of hydrogen-bond acceptors (Lipinski definition) is 5. The molecule has 0 spiro atoms. The van der Waals surface area contributed by atoms with E-state index in [-0.39, 0.29) is 0 Å². The van der Waals surface area contributed by atoms with Crippen molar-refractivity contribution in [2.75, 3.05) is 39.2 Å². The van der Waals surface area contributed by atoms with Crippen LogP contribution in [0.1, 0.15) is 18.4 Å². The summed E-state index contributed by atoms with van der Waals surface area (Å²) in [7, 11) is 3.03. The molecule has 160 valence electrons. The number of hydrogen-bond donors (Lipinski definition) is 2. The summed E-state index contributed by atoms with van der Waals surface area (Å²) in [5, 5.41) is 5.36. The second-order valence-corrected chi connectivity index (χ2v) is 7.44. The van der Waals surface area contributed by atoms with E-state index in [1.165, 1.54) is 19.8 Å². The van der Waals surface area contributed by atoms with Gasteiger partial charge in [0.05, 0.1) is 19.9 Å². The molecular weight excluding hydrogens is 382 g/mol. The second kappa shape index (κ2) is 10.6. The number of likely N-dealkylation sites (tertiary alicyclic amines) is 1. The summed E-state index contributed by atoms with van der Waals surface area (Å²) in [4.78, 5) is 27.0. The first-order valence-electron chi connectivity index (χ1n) is 10.2. The zero-order valence-electron chi connectivity index (χ0n) is 17.5. The Balaban J connectivity index is 1.43. The van der Waals surface area contributed by atoms with Gasteiger partial charge in [-0.1, -0.05) is 30.3 Å². The first kappa shape index (κ1) is 21.6. The Labute approximate surface area is 177 Å². The van der Waals surface area contributed by atoms with Crippen LogP contribution in [0.15, 0.2) is 48.5 Å². The van der Waals surface area contributed by atoms with Gasteiger partial charge in [-0.15, -0.1) is 0 Å². The monoisotopic (exact) mass is 411 g/mol. The number of anilines is 1. The van der Waals surface area contributed by atoms with Crippen LogP contribution < -0.4 is 20.1 Å². The van der Waals surface area contributed by atoms with E-state index in [1.54, 1.807) is 18.2 Å². The molecule has 0 bridgehead atoms. The lowest BCUT2D eigenvalue weighted by molar-refractivity contribution is -0.136. The molecule has 2 aromatic rings. The normalized spacial score (nSPS) is 14.7. The van der Waals surface area contributed by atoms with Crippen LogP contribution in [0.5, 0.6) is 11.5 Å². The van der Waals surface area contributed by atoms with Crippen molar-refractivity contribution in [2.24, 2.45) is 5.92 Å². The van der Waals surface area contributed by atoms with Crippen molar-refractivity contribution < 1.29 is 19.1 Å². The Kier molecular flexibility index (Phi) is 7.68. The molecule has 2 aromatic carbocycles. The molecule has 0 aromatic heterocycles. The zero-order chi connectivity index (χ0) is 21.3. The summed E-state index contributed by atoms with van der Waals surface area (Å²) in [6, 6.07) is 15.4. The van der Waals surface area contributed by atoms with E-state index < -0.39 is 11.8 Å². The molecule has 2 amide bonds. The van der Waals surface area contributed by atoms with Gasteiger partial charge in [-0.05, 0) is 49.5 Å². The minimum Gasteiger partial charge on any atom is -0.497 e. The number of methoxy groups -OCH3 is 2. The molecule has 7 heteroatoms. The van der Waals surface area contributed by atoms with Gasteiger partial charge >= 0.3 is 11.8 Å². The molecule has 1 aliphatic heterocycles.